The topological polar surface area (TPSA) is 20.3 Å². The Hall–Kier alpha value is -1.41. The molecule has 0 heterocycles. The molecule has 0 aliphatic rings. The molecule has 98 valence electrons. The molecule has 1 rings (SSSR count). The van der Waals surface area contributed by atoms with Crippen LogP contribution in [0.4, 0.5) is 0 Å². The second-order valence-electron chi connectivity index (χ2n) is 4.71. The summed E-state index contributed by atoms with van der Waals surface area (Å²) >= 11 is 0. The first kappa shape index (κ1) is 14.7. The van der Waals surface area contributed by atoms with Crippen LogP contribution in [-0.4, -0.2) is 31.3 Å². The van der Waals surface area contributed by atoms with Gasteiger partial charge in [0.1, 0.15) is 0 Å². The van der Waals surface area contributed by atoms with Crippen LogP contribution < -0.4 is 0 Å². The quantitative estimate of drug-likeness (QED) is 0.716. The largest absolute Gasteiger partial charge is 0.309 e. The second kappa shape index (κ2) is 7.12. The van der Waals surface area contributed by atoms with Crippen LogP contribution in [-0.2, 0) is 6.42 Å². The summed E-state index contributed by atoms with van der Waals surface area (Å²) < 4.78 is 0. The summed E-state index contributed by atoms with van der Waals surface area (Å²) in [6, 6.07) is 6.01. The van der Waals surface area contributed by atoms with Gasteiger partial charge in [-0.3, -0.25) is 4.79 Å². The van der Waals surface area contributed by atoms with Gasteiger partial charge < -0.3 is 4.90 Å². The highest BCUT2D eigenvalue weighted by molar-refractivity contribution is 6.00. The Morgan fingerprint density at radius 2 is 2.06 bits per heavy atom. The lowest BCUT2D eigenvalue weighted by Gasteiger charge is -2.12. The fraction of sp³-hybridized carbons (Fsp3) is 0.438. The van der Waals surface area contributed by atoms with E-state index in [1.54, 1.807) is 0 Å². The molecule has 0 atom stereocenters. The molecule has 0 fully saturated rings. The monoisotopic (exact) mass is 245 g/mol. The molecular weight excluding hydrogens is 222 g/mol. The molecule has 1 aromatic carbocycles. The predicted molar refractivity (Wildman–Crippen MR) is 78.0 cm³/mol. The molecule has 0 unspecified atom stereocenters. The summed E-state index contributed by atoms with van der Waals surface area (Å²) in [5.41, 5.74) is 3.18. The lowest BCUT2D eigenvalue weighted by atomic mass is 9.95. The summed E-state index contributed by atoms with van der Waals surface area (Å²) in [7, 11) is 3.98. The Bertz CT molecular complexity index is 433. The maximum absolute atomic E-state index is 12.3. The highest BCUT2D eigenvalue weighted by Crippen LogP contribution is 2.19. The normalized spacial score (nSPS) is 11.4. The summed E-state index contributed by atoms with van der Waals surface area (Å²) in [6.45, 7) is 4.90. The van der Waals surface area contributed by atoms with Gasteiger partial charge in [0.2, 0.25) is 0 Å². The molecular formula is C16H23NO. The third kappa shape index (κ3) is 3.81. The minimum atomic E-state index is 0.229. The number of rotatable bonds is 6. The minimum absolute atomic E-state index is 0.229. The molecule has 0 bridgehead atoms. The number of allylic oxidation sites excluding steroid dienone is 1. The predicted octanol–water partition coefficient (Wildman–Crippen LogP) is 3.42. The maximum atomic E-state index is 12.3. The fourth-order valence-corrected chi connectivity index (χ4v) is 1.99. The molecule has 0 radical (unpaired) electrons. The van der Waals surface area contributed by atoms with Crippen molar-refractivity contribution in [3.8, 4) is 0 Å². The Morgan fingerprint density at radius 1 is 1.33 bits per heavy atom. The van der Waals surface area contributed by atoms with Crippen molar-refractivity contribution in [3.63, 3.8) is 0 Å². The molecule has 0 aromatic heterocycles. The second-order valence-corrected chi connectivity index (χ2v) is 4.71. The van der Waals surface area contributed by atoms with E-state index in [4.69, 9.17) is 0 Å². The van der Waals surface area contributed by atoms with Crippen LogP contribution in [0.3, 0.4) is 0 Å². The molecule has 0 spiro atoms. The standard InChI is InChI=1S/C16H23NO/c1-5-8-14-13(6-2)9-7-10-15(14)16(18)11-12-17(3)4/h5,7-10H,6,11-12H2,1-4H3/b8-5-. The van der Waals surface area contributed by atoms with Crippen LogP contribution in [0.1, 0.15) is 41.8 Å². The zero-order chi connectivity index (χ0) is 13.5. The van der Waals surface area contributed by atoms with Crippen molar-refractivity contribution in [1.29, 1.82) is 0 Å². The van der Waals surface area contributed by atoms with E-state index in [-0.39, 0.29) is 5.78 Å². The van der Waals surface area contributed by atoms with E-state index in [1.165, 1.54) is 5.56 Å². The molecule has 2 nitrogen and oxygen atoms in total. The number of nitrogens with zero attached hydrogens (tertiary/aromatic N) is 1. The van der Waals surface area contributed by atoms with Gasteiger partial charge in [-0.05, 0) is 38.6 Å². The van der Waals surface area contributed by atoms with E-state index in [0.29, 0.717) is 6.42 Å². The first-order valence-electron chi connectivity index (χ1n) is 6.52. The van der Waals surface area contributed by atoms with Crippen molar-refractivity contribution in [2.45, 2.75) is 26.7 Å². The van der Waals surface area contributed by atoms with Gasteiger partial charge in [0.15, 0.2) is 5.78 Å². The van der Waals surface area contributed by atoms with Gasteiger partial charge in [-0.1, -0.05) is 37.3 Å². The number of aryl methyl sites for hydroxylation is 1. The smallest absolute Gasteiger partial charge is 0.164 e. The Morgan fingerprint density at radius 3 is 2.61 bits per heavy atom. The zero-order valence-corrected chi connectivity index (χ0v) is 11.9. The highest BCUT2D eigenvalue weighted by atomic mass is 16.1. The lowest BCUT2D eigenvalue weighted by molar-refractivity contribution is 0.0972. The Labute approximate surface area is 110 Å². The van der Waals surface area contributed by atoms with E-state index in [1.807, 2.05) is 50.2 Å². The molecule has 0 saturated carbocycles. The Balaban J connectivity index is 3.03. The fourth-order valence-electron chi connectivity index (χ4n) is 1.99. The zero-order valence-electron chi connectivity index (χ0n) is 11.9. The summed E-state index contributed by atoms with van der Waals surface area (Å²) in [4.78, 5) is 14.3. The molecule has 0 N–H and O–H groups in total. The van der Waals surface area contributed by atoms with E-state index >= 15 is 0 Å². The van der Waals surface area contributed by atoms with Gasteiger partial charge in [-0.2, -0.15) is 0 Å². The molecule has 0 aliphatic heterocycles. The number of hydrogen-bond donors (Lipinski definition) is 0. The maximum Gasteiger partial charge on any atom is 0.164 e. The average molecular weight is 245 g/mol. The highest BCUT2D eigenvalue weighted by Gasteiger charge is 2.12. The third-order valence-electron chi connectivity index (χ3n) is 3.00. The van der Waals surface area contributed by atoms with Crippen LogP contribution in [0.2, 0.25) is 0 Å². The number of Topliss-reactive ketones (excluding diaryl/α,β-unsaturated/α-hetero) is 1. The van der Waals surface area contributed by atoms with Gasteiger partial charge in [0.05, 0.1) is 0 Å². The molecule has 2 heteroatoms. The van der Waals surface area contributed by atoms with Gasteiger partial charge in [0, 0.05) is 18.5 Å². The lowest BCUT2D eigenvalue weighted by Crippen LogP contribution is -2.17. The van der Waals surface area contributed by atoms with Crippen LogP contribution in [0.5, 0.6) is 0 Å². The molecule has 0 aliphatic carbocycles. The Kier molecular flexibility index (Phi) is 5.79. The van der Waals surface area contributed by atoms with Gasteiger partial charge in [-0.15, -0.1) is 0 Å². The van der Waals surface area contributed by atoms with Crippen LogP contribution in [0, 0.1) is 0 Å². The SMILES string of the molecule is C/C=C\c1c(CC)cccc1C(=O)CCN(C)C. The number of hydrogen-bond acceptors (Lipinski definition) is 2. The number of carbonyl (C=O) groups is 1. The number of ketones is 1. The average Bonchev–Trinajstić information content (AvgIpc) is 2.36. The first-order chi connectivity index (χ1) is 8.60. The van der Waals surface area contributed by atoms with Gasteiger partial charge in [0.25, 0.3) is 0 Å². The van der Waals surface area contributed by atoms with Crippen molar-refractivity contribution in [2.24, 2.45) is 0 Å². The first-order valence-corrected chi connectivity index (χ1v) is 6.52. The number of benzene rings is 1. The molecule has 18 heavy (non-hydrogen) atoms. The minimum Gasteiger partial charge on any atom is -0.309 e. The summed E-state index contributed by atoms with van der Waals surface area (Å²) in [5, 5.41) is 0. The van der Waals surface area contributed by atoms with Crippen LogP contribution in [0.25, 0.3) is 6.08 Å². The number of carbonyl (C=O) groups excluding carboxylic acids is 1. The van der Waals surface area contributed by atoms with E-state index in [9.17, 15) is 4.79 Å². The summed E-state index contributed by atoms with van der Waals surface area (Å²) in [6.07, 6.45) is 5.57. The molecule has 0 amide bonds. The van der Waals surface area contributed by atoms with Crippen molar-refractivity contribution in [1.82, 2.24) is 4.90 Å². The summed E-state index contributed by atoms with van der Waals surface area (Å²) in [5.74, 6) is 0.229. The van der Waals surface area contributed by atoms with Crippen molar-refractivity contribution < 1.29 is 4.79 Å². The van der Waals surface area contributed by atoms with E-state index in [0.717, 1.165) is 24.1 Å². The van der Waals surface area contributed by atoms with Crippen LogP contribution in [0.15, 0.2) is 24.3 Å². The molecule has 1 aromatic rings. The van der Waals surface area contributed by atoms with E-state index in [2.05, 4.69) is 13.0 Å². The van der Waals surface area contributed by atoms with Crippen molar-refractivity contribution in [2.75, 3.05) is 20.6 Å². The van der Waals surface area contributed by atoms with E-state index < -0.39 is 0 Å². The van der Waals surface area contributed by atoms with Crippen LogP contribution >= 0.6 is 0 Å². The molecule has 0 saturated heterocycles. The van der Waals surface area contributed by atoms with Crippen molar-refractivity contribution >= 4 is 11.9 Å². The van der Waals surface area contributed by atoms with Gasteiger partial charge in [-0.25, -0.2) is 0 Å². The van der Waals surface area contributed by atoms with Gasteiger partial charge >= 0.3 is 0 Å². The van der Waals surface area contributed by atoms with Crippen molar-refractivity contribution in [3.05, 3.63) is 41.0 Å². The third-order valence-corrected chi connectivity index (χ3v) is 3.00.